The zero-order valence-corrected chi connectivity index (χ0v) is 19.5. The van der Waals surface area contributed by atoms with Gasteiger partial charge in [0.15, 0.2) is 5.82 Å². The first-order chi connectivity index (χ1) is 15.3. The van der Waals surface area contributed by atoms with E-state index in [0.717, 1.165) is 74.5 Å². The number of carbonyl (C=O) groups is 1. The van der Waals surface area contributed by atoms with Gasteiger partial charge in [0.2, 0.25) is 0 Å². The van der Waals surface area contributed by atoms with Gasteiger partial charge in [0.1, 0.15) is 17.3 Å². The molecule has 0 aromatic heterocycles. The van der Waals surface area contributed by atoms with E-state index in [1.165, 1.54) is 0 Å². The summed E-state index contributed by atoms with van der Waals surface area (Å²) in [4.78, 5) is 34.6. The molecule has 1 atom stereocenters. The molecule has 0 aromatic rings. The fraction of sp³-hybridized carbons (Fsp3) is 0.750. The van der Waals surface area contributed by atoms with E-state index in [4.69, 9.17) is 15.1 Å². The average Bonchev–Trinajstić information content (AvgIpc) is 3.42. The lowest BCUT2D eigenvalue weighted by atomic mass is 9.52. The van der Waals surface area contributed by atoms with Crippen molar-refractivity contribution >= 4 is 11.8 Å². The lowest BCUT2D eigenvalue weighted by Gasteiger charge is -2.52. The van der Waals surface area contributed by atoms with E-state index in [2.05, 4.69) is 26.1 Å². The van der Waals surface area contributed by atoms with E-state index in [1.807, 2.05) is 9.13 Å². The van der Waals surface area contributed by atoms with Crippen LogP contribution in [0.4, 0.5) is 5.82 Å². The van der Waals surface area contributed by atoms with Crippen LogP contribution in [0.15, 0.2) is 4.79 Å². The summed E-state index contributed by atoms with van der Waals surface area (Å²) in [5.41, 5.74) is 0.984. The second-order valence-corrected chi connectivity index (χ2v) is 10.8. The number of nitrogens with zero attached hydrogens (tertiary/aromatic N) is 4. The second kappa shape index (κ2) is 7.59. The zero-order chi connectivity index (χ0) is 22.7. The number of hydrogen-bond acceptors (Lipinski definition) is 5. The molecule has 0 amide bonds. The molecule has 6 rings (SSSR count). The number of nitrogens with one attached hydrogen (secondary N) is 1. The summed E-state index contributed by atoms with van der Waals surface area (Å²) < 4.78 is 3.68. The maximum Gasteiger partial charge on any atom is 0.331 e. The van der Waals surface area contributed by atoms with Crippen LogP contribution in [-0.2, 0) is 23.3 Å². The molecule has 0 aromatic carbocycles. The van der Waals surface area contributed by atoms with Gasteiger partial charge in [0.25, 0.3) is 0 Å². The molecule has 0 radical (unpaired) electrons. The molecule has 3 aliphatic heterocycles. The highest BCUT2D eigenvalue weighted by molar-refractivity contribution is 5.70. The maximum absolute atomic E-state index is 13.3. The Balaban J connectivity index is 1.52. The van der Waals surface area contributed by atoms with Crippen LogP contribution in [-0.4, -0.2) is 36.2 Å². The normalized spacial score (nSPS) is 28.9. The number of anilines is 1. The molecule has 3 fully saturated rings. The minimum Gasteiger partial charge on any atom is -0.481 e. The van der Waals surface area contributed by atoms with E-state index in [9.17, 15) is 9.59 Å². The molecule has 0 saturated heterocycles. The quantitative estimate of drug-likeness (QED) is 0.676. The van der Waals surface area contributed by atoms with Gasteiger partial charge in [-0.05, 0) is 62.7 Å². The molecular weight excluding hydrogens is 406 g/mol. The van der Waals surface area contributed by atoms with E-state index in [1.54, 1.807) is 0 Å². The van der Waals surface area contributed by atoms with Gasteiger partial charge in [-0.2, -0.15) is 0 Å². The summed E-state index contributed by atoms with van der Waals surface area (Å²) >= 11 is 0. The molecule has 32 heavy (non-hydrogen) atoms. The van der Waals surface area contributed by atoms with Crippen molar-refractivity contribution in [3.8, 4) is 11.5 Å². The van der Waals surface area contributed by atoms with Crippen molar-refractivity contribution in [3.05, 3.63) is 16.3 Å². The zero-order valence-electron chi connectivity index (χ0n) is 19.5. The van der Waals surface area contributed by atoms with Crippen LogP contribution in [0.25, 0.3) is 11.5 Å². The molecule has 3 saturated carbocycles. The van der Waals surface area contributed by atoms with Gasteiger partial charge in [-0.25, -0.2) is 14.8 Å². The highest BCUT2D eigenvalue weighted by atomic mass is 16.4. The number of fused-ring (bicyclic) bond motifs is 6. The first kappa shape index (κ1) is 21.5. The van der Waals surface area contributed by atoms with Crippen molar-refractivity contribution in [2.24, 2.45) is 11.3 Å². The number of aliphatic carboxylic acids is 1. The van der Waals surface area contributed by atoms with Crippen LogP contribution < -0.4 is 11.0 Å². The molecule has 6 aliphatic rings. The van der Waals surface area contributed by atoms with Crippen molar-refractivity contribution in [3.63, 3.8) is 0 Å². The highest BCUT2D eigenvalue weighted by Crippen LogP contribution is 2.59. The Morgan fingerprint density at radius 2 is 1.88 bits per heavy atom. The predicted molar refractivity (Wildman–Crippen MR) is 122 cm³/mol. The Morgan fingerprint density at radius 1 is 1.19 bits per heavy atom. The second-order valence-electron chi connectivity index (χ2n) is 10.8. The summed E-state index contributed by atoms with van der Waals surface area (Å²) in [5, 5.41) is 12.7. The fourth-order valence-corrected chi connectivity index (χ4v) is 6.26. The third-order valence-corrected chi connectivity index (χ3v) is 8.55. The number of carboxylic acid groups (broad SMARTS) is 1. The number of aromatic nitrogens is 4. The molecule has 174 valence electrons. The SMILES string of the molecule is CCCn1c2nc(C34CCC(CCC(=O)O)(CC3)CC4)nc-2c2n(c1=O)CC(C(C)C)N2. The van der Waals surface area contributed by atoms with Gasteiger partial charge in [-0.15, -0.1) is 0 Å². The van der Waals surface area contributed by atoms with Crippen molar-refractivity contribution in [1.29, 1.82) is 0 Å². The predicted octanol–water partition coefficient (Wildman–Crippen LogP) is 3.86. The van der Waals surface area contributed by atoms with E-state index < -0.39 is 5.97 Å². The Hall–Kier alpha value is -2.38. The first-order valence-corrected chi connectivity index (χ1v) is 12.3. The molecule has 2 bridgehead atoms. The van der Waals surface area contributed by atoms with E-state index in [0.29, 0.717) is 19.0 Å². The van der Waals surface area contributed by atoms with Gasteiger partial charge in [-0.1, -0.05) is 20.8 Å². The smallest absolute Gasteiger partial charge is 0.331 e. The number of rotatable bonds is 7. The largest absolute Gasteiger partial charge is 0.481 e. The van der Waals surface area contributed by atoms with E-state index in [-0.39, 0.29) is 29.0 Å². The molecule has 0 spiro atoms. The summed E-state index contributed by atoms with van der Waals surface area (Å²) in [7, 11) is 0. The Bertz CT molecular complexity index is 1040. The fourth-order valence-electron chi connectivity index (χ4n) is 6.26. The first-order valence-electron chi connectivity index (χ1n) is 12.3. The van der Waals surface area contributed by atoms with Crippen LogP contribution in [0, 0.1) is 11.3 Å². The maximum atomic E-state index is 13.3. The van der Waals surface area contributed by atoms with Gasteiger partial charge in [-0.3, -0.25) is 13.9 Å². The van der Waals surface area contributed by atoms with Gasteiger partial charge < -0.3 is 10.4 Å². The molecule has 8 nitrogen and oxygen atoms in total. The Labute approximate surface area is 188 Å². The molecular formula is C24H35N5O3. The van der Waals surface area contributed by atoms with Crippen molar-refractivity contribution in [1.82, 2.24) is 19.1 Å². The van der Waals surface area contributed by atoms with Crippen LogP contribution in [0.3, 0.4) is 0 Å². The summed E-state index contributed by atoms with van der Waals surface area (Å²) in [6.45, 7) is 7.75. The summed E-state index contributed by atoms with van der Waals surface area (Å²) in [6, 6.07) is 0.223. The van der Waals surface area contributed by atoms with Crippen LogP contribution in [0.2, 0.25) is 0 Å². The minimum atomic E-state index is -0.695. The van der Waals surface area contributed by atoms with Crippen LogP contribution >= 0.6 is 0 Å². The van der Waals surface area contributed by atoms with Crippen molar-refractivity contribution in [2.75, 3.05) is 5.32 Å². The molecule has 3 heterocycles. The lowest BCUT2D eigenvalue weighted by Crippen LogP contribution is -2.44. The number of imidazole rings is 1. The highest BCUT2D eigenvalue weighted by Gasteiger charge is 2.51. The van der Waals surface area contributed by atoms with E-state index >= 15 is 0 Å². The Kier molecular flexibility index (Phi) is 5.09. The van der Waals surface area contributed by atoms with Crippen LogP contribution in [0.1, 0.15) is 84.4 Å². The van der Waals surface area contributed by atoms with Gasteiger partial charge in [0, 0.05) is 31.0 Å². The lowest BCUT2D eigenvalue weighted by molar-refractivity contribution is -0.138. The molecule has 8 heteroatoms. The van der Waals surface area contributed by atoms with Gasteiger partial charge in [0.05, 0.1) is 0 Å². The summed E-state index contributed by atoms with van der Waals surface area (Å²) in [5.74, 6) is 2.17. The minimum absolute atomic E-state index is 0.00826. The summed E-state index contributed by atoms with van der Waals surface area (Å²) in [6.07, 6.45) is 8.10. The number of hydrogen-bond donors (Lipinski definition) is 2. The van der Waals surface area contributed by atoms with Crippen molar-refractivity contribution in [2.45, 2.75) is 103 Å². The molecule has 3 aliphatic carbocycles. The van der Waals surface area contributed by atoms with Crippen molar-refractivity contribution < 1.29 is 9.90 Å². The Morgan fingerprint density at radius 3 is 2.47 bits per heavy atom. The standard InChI is InChI=1S/C24H35N5O3/c1-4-13-28-20-18(19-25-16(15(2)3)14-29(19)22(28)32)26-21(27-20)24-10-7-23(8-11-24,9-12-24)6-5-17(30)31/h15-16,25H,4-14H2,1-3H3,(H,30,31). The van der Waals surface area contributed by atoms with Gasteiger partial charge >= 0.3 is 11.7 Å². The van der Waals surface area contributed by atoms with Crippen LogP contribution in [0.5, 0.6) is 0 Å². The third-order valence-electron chi connectivity index (χ3n) is 8.55. The number of carboxylic acids is 1. The monoisotopic (exact) mass is 441 g/mol. The average molecular weight is 442 g/mol. The molecule has 1 unspecified atom stereocenters. The topological polar surface area (TPSA) is 102 Å². The third kappa shape index (κ3) is 3.25. The molecule has 2 N–H and O–H groups in total.